The third-order valence-electron chi connectivity index (χ3n) is 5.24. The second-order valence-electron chi connectivity index (χ2n) is 8.69. The summed E-state index contributed by atoms with van der Waals surface area (Å²) in [7, 11) is 0. The van der Waals surface area contributed by atoms with Gasteiger partial charge in [-0.1, -0.05) is 83.3 Å². The summed E-state index contributed by atoms with van der Waals surface area (Å²) in [6.45, 7) is 6.75. The van der Waals surface area contributed by atoms with Gasteiger partial charge in [-0.15, -0.1) is 0 Å². The third-order valence-corrected chi connectivity index (χ3v) is 5.24. The van der Waals surface area contributed by atoms with Crippen molar-refractivity contribution in [2.24, 2.45) is 0 Å². The molecule has 34 heavy (non-hydrogen) atoms. The van der Waals surface area contributed by atoms with E-state index in [0.717, 1.165) is 27.3 Å². The fraction of sp³-hybridized carbons (Fsp3) is 0.320. The Morgan fingerprint density at radius 1 is 1.00 bits per heavy atom. The largest absolute Gasteiger partial charge is 0.443 e. The number of carbonyl (C=O) groups is 3. The van der Waals surface area contributed by atoms with Gasteiger partial charge >= 0.3 is 6.09 Å². The van der Waals surface area contributed by atoms with Crippen LogP contribution >= 0.6 is 34.8 Å². The molecule has 0 fully saturated rings. The predicted molar refractivity (Wildman–Crippen MR) is 135 cm³/mol. The number of rotatable bonds is 1. The van der Waals surface area contributed by atoms with Crippen LogP contribution in [0.25, 0.3) is 11.1 Å². The summed E-state index contributed by atoms with van der Waals surface area (Å²) < 4.78 is 9.89. The van der Waals surface area contributed by atoms with Gasteiger partial charge in [-0.3, -0.25) is 9.59 Å². The van der Waals surface area contributed by atoms with E-state index in [9.17, 15) is 14.4 Å². The molecule has 2 atom stereocenters. The molecule has 0 N–H and O–H groups in total. The number of hydrogen-bond donors (Lipinski definition) is 0. The number of hydrogen-bond acceptors (Lipinski definition) is 4. The van der Waals surface area contributed by atoms with Crippen molar-refractivity contribution in [3.8, 4) is 11.1 Å². The molecule has 0 radical (unpaired) electrons. The minimum Gasteiger partial charge on any atom is -0.443 e. The van der Waals surface area contributed by atoms with Crippen molar-refractivity contribution in [1.29, 1.82) is 0 Å². The van der Waals surface area contributed by atoms with Crippen LogP contribution in [0.3, 0.4) is 0 Å². The average molecular weight is 525 g/mol. The minimum absolute atomic E-state index is 0.168. The Morgan fingerprint density at radius 3 is 2.15 bits per heavy atom. The van der Waals surface area contributed by atoms with Crippen molar-refractivity contribution in [2.45, 2.75) is 49.7 Å². The Morgan fingerprint density at radius 2 is 1.56 bits per heavy atom. The number of alkyl halides is 3. The summed E-state index contributed by atoms with van der Waals surface area (Å²) in [6, 6.07) is 14.2. The molecule has 3 amide bonds. The van der Waals surface area contributed by atoms with Gasteiger partial charge in [-0.2, -0.15) is 0 Å². The molecule has 2 aromatic rings. The Hall–Kier alpha value is -2.54. The van der Waals surface area contributed by atoms with E-state index in [1.165, 1.54) is 13.0 Å². The van der Waals surface area contributed by atoms with Gasteiger partial charge in [-0.25, -0.2) is 9.69 Å². The molecule has 9 heteroatoms. The molecule has 0 spiro atoms. The lowest BCUT2D eigenvalue weighted by molar-refractivity contribution is -0.126. The third kappa shape index (κ3) is 5.57. The summed E-state index contributed by atoms with van der Waals surface area (Å²) in [5.41, 5.74) is 2.81. The lowest BCUT2D eigenvalue weighted by Gasteiger charge is -2.42. The van der Waals surface area contributed by atoms with Crippen molar-refractivity contribution < 1.29 is 20.5 Å². The molecule has 180 valence electrons. The van der Waals surface area contributed by atoms with Crippen LogP contribution in [0.4, 0.5) is 10.5 Å². The van der Waals surface area contributed by atoms with E-state index >= 15 is 0 Å². The number of para-hydroxylation sites is 1. The molecule has 0 saturated carbocycles. The second kappa shape index (κ2) is 10.4. The van der Waals surface area contributed by atoms with E-state index in [-0.39, 0.29) is 5.91 Å². The van der Waals surface area contributed by atoms with E-state index in [4.69, 9.17) is 40.9 Å². The highest BCUT2D eigenvalue weighted by Gasteiger charge is 2.45. The molecule has 2 aliphatic rings. The SMILES string of the molecule is CC(=O)N1c2ccccc2-c2ccccc2[C@@H]1[C@H]1C=CC(=O)N1C(=O)OC(C)(C)C.[2H]C(Cl)(Cl)Cl. The molecule has 0 aliphatic carbocycles. The Labute approximate surface area is 215 Å². The summed E-state index contributed by atoms with van der Waals surface area (Å²) >= 11 is 14.2. The maximum Gasteiger partial charge on any atom is 0.417 e. The highest BCUT2D eigenvalue weighted by molar-refractivity contribution is 6.63. The predicted octanol–water partition coefficient (Wildman–Crippen LogP) is 6.45. The number of imide groups is 1. The van der Waals surface area contributed by atoms with E-state index in [0.29, 0.717) is 0 Å². The van der Waals surface area contributed by atoms with Gasteiger partial charge in [0.2, 0.25) is 5.91 Å². The lowest BCUT2D eigenvalue weighted by Crippen LogP contribution is -2.51. The number of nitrogens with zero attached hydrogens (tertiary/aromatic N) is 2. The molecule has 2 aromatic carbocycles. The first-order chi connectivity index (χ1) is 16.2. The number of anilines is 1. The molecule has 4 rings (SSSR count). The molecule has 2 heterocycles. The van der Waals surface area contributed by atoms with Crippen LogP contribution in [-0.2, 0) is 14.3 Å². The van der Waals surface area contributed by atoms with E-state index < -0.39 is 34.0 Å². The zero-order valence-electron chi connectivity index (χ0n) is 20.1. The first-order valence-electron chi connectivity index (χ1n) is 11.0. The van der Waals surface area contributed by atoms with Crippen molar-refractivity contribution in [3.63, 3.8) is 0 Å². The van der Waals surface area contributed by atoms with Crippen LogP contribution in [0, 0.1) is 0 Å². The molecular weight excluding hydrogens is 499 g/mol. The van der Waals surface area contributed by atoms with Gasteiger partial charge in [0, 0.05) is 18.6 Å². The zero-order chi connectivity index (χ0) is 26.1. The molecule has 0 unspecified atom stereocenters. The number of fused-ring (bicyclic) bond motifs is 3. The van der Waals surface area contributed by atoms with E-state index in [1.54, 1.807) is 31.7 Å². The maximum absolute atomic E-state index is 12.9. The number of carbonyl (C=O) groups excluding carboxylic acids is 3. The Kier molecular flexibility index (Phi) is 7.51. The topological polar surface area (TPSA) is 66.9 Å². The monoisotopic (exact) mass is 523 g/mol. The van der Waals surface area contributed by atoms with Crippen LogP contribution in [0.15, 0.2) is 60.7 Å². The number of benzene rings is 2. The van der Waals surface area contributed by atoms with Crippen LogP contribution < -0.4 is 4.90 Å². The normalized spacial score (nSPS) is 19.5. The molecular formula is C25H25Cl3N2O4. The van der Waals surface area contributed by atoms with E-state index in [1.807, 2.05) is 48.5 Å². The number of halogens is 3. The van der Waals surface area contributed by atoms with Crippen molar-refractivity contribution in [2.75, 3.05) is 4.90 Å². The maximum atomic E-state index is 12.9. The molecule has 0 saturated heterocycles. The number of amides is 3. The molecule has 0 bridgehead atoms. The summed E-state index contributed by atoms with van der Waals surface area (Å²) in [6.07, 6.45) is 2.33. The molecule has 2 aliphatic heterocycles. The fourth-order valence-electron chi connectivity index (χ4n) is 4.17. The fourth-order valence-corrected chi connectivity index (χ4v) is 4.17. The van der Waals surface area contributed by atoms with Gasteiger partial charge in [0.25, 0.3) is 5.91 Å². The van der Waals surface area contributed by atoms with Crippen molar-refractivity contribution in [1.82, 2.24) is 4.90 Å². The van der Waals surface area contributed by atoms with Crippen LogP contribution in [0.5, 0.6) is 0 Å². The van der Waals surface area contributed by atoms with E-state index in [2.05, 4.69) is 0 Å². The average Bonchev–Trinajstić information content (AvgIpc) is 3.11. The smallest absolute Gasteiger partial charge is 0.417 e. The van der Waals surface area contributed by atoms with Gasteiger partial charge < -0.3 is 9.64 Å². The Bertz CT molecular complexity index is 1170. The second-order valence-corrected chi connectivity index (χ2v) is 10.4. The van der Waals surface area contributed by atoms with Crippen LogP contribution in [0.2, 0.25) is 0 Å². The lowest BCUT2D eigenvalue weighted by atomic mass is 9.84. The van der Waals surface area contributed by atoms with Crippen molar-refractivity contribution in [3.05, 3.63) is 66.2 Å². The van der Waals surface area contributed by atoms with Crippen LogP contribution in [0.1, 0.15) is 40.7 Å². The van der Waals surface area contributed by atoms with Crippen molar-refractivity contribution >= 4 is 58.4 Å². The zero-order valence-corrected chi connectivity index (χ0v) is 21.4. The standard InChI is InChI=1S/C24H24N2O4.CHCl3/c1-15(27)25-19-12-8-7-10-17(19)16-9-5-6-11-18(16)22(25)20-13-14-21(28)26(20)23(29)30-24(2,3)4;2-1(3)4/h5-14,20,22H,1-4H3;1H/t20-,22-;/m1./s1/i;1D. The quantitative estimate of drug-likeness (QED) is 0.402. The van der Waals surface area contributed by atoms with Gasteiger partial charge in [0.05, 0.1) is 19.1 Å². The highest BCUT2D eigenvalue weighted by Crippen LogP contribution is 2.47. The first-order valence-corrected chi connectivity index (χ1v) is 11.6. The summed E-state index contributed by atoms with van der Waals surface area (Å²) in [5, 5.41) is 0. The minimum atomic E-state index is -1.83. The number of ether oxygens (including phenoxy) is 1. The summed E-state index contributed by atoms with van der Waals surface area (Å²) in [4.78, 5) is 41.1. The molecule has 6 nitrogen and oxygen atoms in total. The van der Waals surface area contributed by atoms with Crippen LogP contribution in [-0.4, -0.2) is 38.7 Å². The van der Waals surface area contributed by atoms with Gasteiger partial charge in [-0.05, 0) is 38.0 Å². The van der Waals surface area contributed by atoms with Gasteiger partial charge in [0.1, 0.15) is 5.60 Å². The summed E-state index contributed by atoms with van der Waals surface area (Å²) in [5.74, 6) is -0.618. The molecule has 0 aromatic heterocycles. The highest BCUT2D eigenvalue weighted by atomic mass is 35.6. The van der Waals surface area contributed by atoms with Gasteiger partial charge in [0.15, 0.2) is 4.27 Å². The first kappa shape index (κ1) is 24.6. The Balaban J connectivity index is 0.000000623.